The Morgan fingerprint density at radius 2 is 1.77 bits per heavy atom. The van der Waals surface area contributed by atoms with Crippen molar-refractivity contribution in [2.75, 3.05) is 18.5 Å². The summed E-state index contributed by atoms with van der Waals surface area (Å²) in [5.41, 5.74) is 2.49. The van der Waals surface area contributed by atoms with Crippen molar-refractivity contribution >= 4 is 52.5 Å². The van der Waals surface area contributed by atoms with E-state index in [0.717, 1.165) is 5.56 Å². The smallest absolute Gasteiger partial charge is 0.313 e. The van der Waals surface area contributed by atoms with Gasteiger partial charge in [-0.3, -0.25) is 9.59 Å². The number of anilines is 1. The largest absolute Gasteiger partial charge is 0.493 e. The minimum Gasteiger partial charge on any atom is -0.493 e. The van der Waals surface area contributed by atoms with E-state index in [0.29, 0.717) is 74.6 Å². The Bertz CT molecular complexity index is 1580. The molecule has 1 amide bonds. The monoisotopic (exact) mass is 596 g/mol. The molecule has 1 atom stereocenters. The molecule has 1 N–H and O–H groups in total. The number of carbonyl (C=O) groups is 2. The number of esters is 1. The number of fused-ring (bicyclic) bond motifs is 1. The minimum atomic E-state index is -0.438. The number of pyridine rings is 1. The number of amides is 1. The molecular formula is C30H23Cl3N2O5. The van der Waals surface area contributed by atoms with Crippen LogP contribution >= 0.6 is 34.8 Å². The Kier molecular flexibility index (Phi) is 8.45. The van der Waals surface area contributed by atoms with Crippen LogP contribution in [0.1, 0.15) is 35.2 Å². The Morgan fingerprint density at radius 3 is 2.52 bits per heavy atom. The summed E-state index contributed by atoms with van der Waals surface area (Å²) in [6.07, 6.45) is 0.515. The van der Waals surface area contributed by atoms with Gasteiger partial charge in [-0.25, -0.2) is 4.98 Å². The van der Waals surface area contributed by atoms with Crippen LogP contribution in [-0.2, 0) is 9.53 Å². The van der Waals surface area contributed by atoms with E-state index < -0.39 is 5.92 Å². The molecule has 0 bridgehead atoms. The van der Waals surface area contributed by atoms with Crippen molar-refractivity contribution in [2.24, 2.45) is 0 Å². The van der Waals surface area contributed by atoms with Gasteiger partial charge in [-0.2, -0.15) is 0 Å². The van der Waals surface area contributed by atoms with Crippen LogP contribution in [0.5, 0.6) is 17.2 Å². The number of ether oxygens (including phenoxy) is 3. The molecule has 0 aliphatic carbocycles. The maximum atomic E-state index is 12.9. The zero-order valence-corrected chi connectivity index (χ0v) is 23.5. The lowest BCUT2D eigenvalue weighted by atomic mass is 9.93. The van der Waals surface area contributed by atoms with Crippen molar-refractivity contribution in [3.63, 3.8) is 0 Å². The second kappa shape index (κ2) is 12.2. The summed E-state index contributed by atoms with van der Waals surface area (Å²) in [7, 11) is 0. The van der Waals surface area contributed by atoms with Crippen molar-refractivity contribution in [1.82, 2.24) is 4.98 Å². The Labute approximate surface area is 245 Å². The van der Waals surface area contributed by atoms with Crippen LogP contribution < -0.4 is 14.8 Å². The van der Waals surface area contributed by atoms with E-state index in [-0.39, 0.29) is 11.9 Å². The highest BCUT2D eigenvalue weighted by Crippen LogP contribution is 2.42. The van der Waals surface area contributed by atoms with Crippen LogP contribution in [0.2, 0.25) is 15.1 Å². The quantitative estimate of drug-likeness (QED) is 0.216. The first kappa shape index (κ1) is 27.8. The normalized spacial score (nSPS) is 14.1. The molecule has 0 radical (unpaired) electrons. The lowest BCUT2D eigenvalue weighted by Gasteiger charge is -2.25. The molecule has 0 saturated carbocycles. The van der Waals surface area contributed by atoms with E-state index in [2.05, 4.69) is 10.3 Å². The number of halogens is 3. The summed E-state index contributed by atoms with van der Waals surface area (Å²) in [6.45, 7) is 2.45. The summed E-state index contributed by atoms with van der Waals surface area (Å²) < 4.78 is 16.9. The summed E-state index contributed by atoms with van der Waals surface area (Å²) in [5.74, 6) is 0.664. The SMILES string of the molecule is CCOC(=O)C1CCOc2cc(Oc3ccc(C(=O)Nc4cccc(-c5ccc(Cl)c(Cl)c5)n4)cc3)c(Cl)cc21. The van der Waals surface area contributed by atoms with Crippen LogP contribution in [0.4, 0.5) is 5.82 Å². The van der Waals surface area contributed by atoms with Gasteiger partial charge in [-0.15, -0.1) is 0 Å². The number of hydrogen-bond donors (Lipinski definition) is 1. The number of nitrogens with zero attached hydrogens (tertiary/aromatic N) is 1. The van der Waals surface area contributed by atoms with E-state index >= 15 is 0 Å². The molecule has 1 aliphatic rings. The van der Waals surface area contributed by atoms with Gasteiger partial charge in [0.1, 0.15) is 23.1 Å². The number of carbonyl (C=O) groups excluding carboxylic acids is 2. The van der Waals surface area contributed by atoms with Crippen molar-refractivity contribution in [3.8, 4) is 28.5 Å². The lowest BCUT2D eigenvalue weighted by Crippen LogP contribution is -2.23. The van der Waals surface area contributed by atoms with Crippen LogP contribution in [0, 0.1) is 0 Å². The lowest BCUT2D eigenvalue weighted by molar-refractivity contribution is -0.145. The van der Waals surface area contributed by atoms with E-state index in [1.165, 1.54) is 0 Å². The fraction of sp³-hybridized carbons (Fsp3) is 0.167. The zero-order valence-electron chi connectivity index (χ0n) is 21.2. The molecule has 1 aliphatic heterocycles. The molecule has 10 heteroatoms. The average molecular weight is 598 g/mol. The van der Waals surface area contributed by atoms with Crippen molar-refractivity contribution in [2.45, 2.75) is 19.3 Å². The number of hydrogen-bond acceptors (Lipinski definition) is 6. The first-order chi connectivity index (χ1) is 19.3. The summed E-state index contributed by atoms with van der Waals surface area (Å²) in [5, 5.41) is 4.00. The molecule has 0 fully saturated rings. The third kappa shape index (κ3) is 6.17. The van der Waals surface area contributed by atoms with Gasteiger partial charge in [-0.1, -0.05) is 46.9 Å². The Balaban J connectivity index is 1.27. The zero-order chi connectivity index (χ0) is 28.2. The molecule has 0 spiro atoms. The molecule has 1 aromatic heterocycles. The molecular weight excluding hydrogens is 575 g/mol. The molecule has 2 heterocycles. The highest BCUT2D eigenvalue weighted by atomic mass is 35.5. The topological polar surface area (TPSA) is 86.8 Å². The molecule has 40 heavy (non-hydrogen) atoms. The highest BCUT2D eigenvalue weighted by molar-refractivity contribution is 6.42. The van der Waals surface area contributed by atoms with Crippen LogP contribution in [0.3, 0.4) is 0 Å². The van der Waals surface area contributed by atoms with Crippen molar-refractivity contribution in [3.05, 3.63) is 99.0 Å². The molecule has 0 saturated heterocycles. The molecule has 204 valence electrons. The summed E-state index contributed by atoms with van der Waals surface area (Å²) in [4.78, 5) is 29.7. The molecule has 5 rings (SSSR count). The van der Waals surface area contributed by atoms with Crippen molar-refractivity contribution in [1.29, 1.82) is 0 Å². The van der Waals surface area contributed by atoms with Gasteiger partial charge in [0.2, 0.25) is 0 Å². The van der Waals surface area contributed by atoms with E-state index in [4.69, 9.17) is 49.0 Å². The molecule has 4 aromatic rings. The van der Waals surface area contributed by atoms with Crippen LogP contribution in [0.15, 0.2) is 72.8 Å². The second-order valence-corrected chi connectivity index (χ2v) is 10.1. The second-order valence-electron chi connectivity index (χ2n) is 8.88. The standard InChI is InChI=1S/C30H23Cl3N2O5/c1-2-38-30(37)20-12-13-39-26-16-27(24(33)15-21(20)26)40-19-9-6-17(7-10-19)29(36)35-28-5-3-4-25(34-28)18-8-11-22(31)23(32)14-18/h3-11,14-16,20H,2,12-13H2,1H3,(H,34,35,36). The van der Waals surface area contributed by atoms with Crippen LogP contribution in [0.25, 0.3) is 11.3 Å². The van der Waals surface area contributed by atoms with Crippen molar-refractivity contribution < 1.29 is 23.8 Å². The number of aromatic nitrogens is 1. The first-order valence-electron chi connectivity index (χ1n) is 12.5. The first-order valence-corrected chi connectivity index (χ1v) is 13.6. The molecule has 1 unspecified atom stereocenters. The van der Waals surface area contributed by atoms with Gasteiger partial charge in [0.25, 0.3) is 5.91 Å². The number of rotatable bonds is 7. The summed E-state index contributed by atoms with van der Waals surface area (Å²) in [6, 6.07) is 20.4. The van der Waals surface area contributed by atoms with Gasteiger partial charge in [-0.05, 0) is 67.9 Å². The fourth-order valence-electron chi connectivity index (χ4n) is 4.27. The van der Waals surface area contributed by atoms with Crippen LogP contribution in [-0.4, -0.2) is 30.1 Å². The van der Waals surface area contributed by atoms with E-state index in [1.54, 1.807) is 73.7 Å². The Morgan fingerprint density at radius 1 is 0.975 bits per heavy atom. The third-order valence-corrected chi connectivity index (χ3v) is 7.26. The number of nitrogens with one attached hydrogen (secondary N) is 1. The highest BCUT2D eigenvalue weighted by Gasteiger charge is 2.30. The predicted molar refractivity (Wildman–Crippen MR) is 155 cm³/mol. The predicted octanol–water partition coefficient (Wildman–Crippen LogP) is 8.18. The van der Waals surface area contributed by atoms with Gasteiger partial charge in [0.05, 0.1) is 39.9 Å². The van der Waals surface area contributed by atoms with Gasteiger partial charge < -0.3 is 19.5 Å². The van der Waals surface area contributed by atoms with E-state index in [1.807, 2.05) is 6.07 Å². The number of benzene rings is 3. The average Bonchev–Trinajstić information content (AvgIpc) is 2.95. The molecule has 7 nitrogen and oxygen atoms in total. The van der Waals surface area contributed by atoms with Gasteiger partial charge >= 0.3 is 5.97 Å². The maximum Gasteiger partial charge on any atom is 0.313 e. The summed E-state index contributed by atoms with van der Waals surface area (Å²) >= 11 is 18.6. The molecule has 3 aromatic carbocycles. The van der Waals surface area contributed by atoms with E-state index in [9.17, 15) is 9.59 Å². The van der Waals surface area contributed by atoms with Gasteiger partial charge in [0, 0.05) is 22.8 Å². The maximum absolute atomic E-state index is 12.9. The van der Waals surface area contributed by atoms with Gasteiger partial charge in [0.15, 0.2) is 0 Å². The Hall–Kier alpha value is -3.78. The minimum absolute atomic E-state index is 0.302. The third-order valence-electron chi connectivity index (χ3n) is 6.23. The fourth-order valence-corrected chi connectivity index (χ4v) is 4.77.